The minimum absolute atomic E-state index is 0.0296. The number of sulfonamides is 1. The predicted molar refractivity (Wildman–Crippen MR) is 144 cm³/mol. The van der Waals surface area contributed by atoms with Crippen LogP contribution in [0.4, 0.5) is 21.3 Å². The lowest BCUT2D eigenvalue weighted by atomic mass is 9.94. The average Bonchev–Trinajstić information content (AvgIpc) is 3.53. The maximum Gasteiger partial charge on any atom is 0.325 e. The van der Waals surface area contributed by atoms with Crippen molar-refractivity contribution >= 4 is 61.4 Å². The number of urea groups is 1. The Hall–Kier alpha value is -2.19. The second-order valence-corrected chi connectivity index (χ2v) is 12.6. The van der Waals surface area contributed by atoms with Gasteiger partial charge in [0.15, 0.2) is 10.9 Å². The molecule has 2 aromatic rings. The molecule has 0 bridgehead atoms. The zero-order valence-corrected chi connectivity index (χ0v) is 22.6. The minimum Gasteiger partial charge on any atom is -0.378 e. The number of morpholine rings is 1. The van der Waals surface area contributed by atoms with E-state index in [-0.39, 0.29) is 23.9 Å². The van der Waals surface area contributed by atoms with Gasteiger partial charge < -0.3 is 15.0 Å². The number of benzene rings is 1. The van der Waals surface area contributed by atoms with Gasteiger partial charge in [-0.1, -0.05) is 24.2 Å². The summed E-state index contributed by atoms with van der Waals surface area (Å²) >= 11 is 2.68. The first-order valence-corrected chi connectivity index (χ1v) is 15.6. The number of primary sulfonamides is 1. The van der Waals surface area contributed by atoms with E-state index >= 15 is 0 Å². The monoisotopic (exact) mass is 553 g/mol. The molecule has 1 aliphatic carbocycles. The van der Waals surface area contributed by atoms with Gasteiger partial charge in [0.25, 0.3) is 0 Å². The summed E-state index contributed by atoms with van der Waals surface area (Å²) in [7, 11) is -3.62. The topological polar surface area (TPSA) is 144 Å². The Morgan fingerprint density at radius 2 is 1.94 bits per heavy atom. The molecule has 2 fully saturated rings. The number of aromatic nitrogens is 1. The van der Waals surface area contributed by atoms with Gasteiger partial charge in [0.2, 0.25) is 10.0 Å². The van der Waals surface area contributed by atoms with Gasteiger partial charge in [0, 0.05) is 36.7 Å². The molecule has 10 nitrogen and oxygen atoms in total. The van der Waals surface area contributed by atoms with Crippen molar-refractivity contribution < 1.29 is 22.7 Å². The van der Waals surface area contributed by atoms with Crippen LogP contribution in [0.1, 0.15) is 41.7 Å². The Morgan fingerprint density at radius 3 is 2.61 bits per heavy atom. The van der Waals surface area contributed by atoms with Crippen LogP contribution in [-0.2, 0) is 21.2 Å². The molecule has 1 aromatic carbocycles. The number of amides is 2. The zero-order chi connectivity index (χ0) is 25.7. The molecular weight excluding hydrogens is 522 g/mol. The normalized spacial score (nSPS) is 16.8. The summed E-state index contributed by atoms with van der Waals surface area (Å²) in [6.45, 7) is 2.78. The fraction of sp³-hybridized carbons (Fsp3) is 0.522. The van der Waals surface area contributed by atoms with Crippen molar-refractivity contribution in [2.45, 2.75) is 36.3 Å². The number of thiazole rings is 1. The van der Waals surface area contributed by atoms with Gasteiger partial charge in [0.05, 0.1) is 34.6 Å². The van der Waals surface area contributed by atoms with Gasteiger partial charge in [-0.3, -0.25) is 10.1 Å². The first kappa shape index (κ1) is 26.9. The molecule has 0 radical (unpaired) electrons. The molecule has 1 aliphatic heterocycles. The number of carbonyl (C=O) groups excluding carboxylic acids is 2. The van der Waals surface area contributed by atoms with Crippen LogP contribution < -0.4 is 20.7 Å². The van der Waals surface area contributed by atoms with Crippen molar-refractivity contribution in [3.05, 3.63) is 29.5 Å². The van der Waals surface area contributed by atoms with Gasteiger partial charge in [-0.05, 0) is 37.3 Å². The van der Waals surface area contributed by atoms with E-state index in [0.717, 1.165) is 48.7 Å². The van der Waals surface area contributed by atoms with Gasteiger partial charge in [-0.2, -0.15) is 0 Å². The summed E-state index contributed by atoms with van der Waals surface area (Å²) in [5.74, 6) is -0.196. The molecule has 2 aliphatic rings. The number of aryl methyl sites for hydroxylation is 1. The molecule has 2 amide bonds. The van der Waals surface area contributed by atoms with Crippen LogP contribution in [0.2, 0.25) is 0 Å². The van der Waals surface area contributed by atoms with Gasteiger partial charge in [-0.25, -0.2) is 23.3 Å². The Kier molecular flexibility index (Phi) is 8.88. The molecule has 36 heavy (non-hydrogen) atoms. The largest absolute Gasteiger partial charge is 0.378 e. The summed E-state index contributed by atoms with van der Waals surface area (Å²) < 4.78 is 28.9. The molecule has 0 unspecified atom stereocenters. The maximum absolute atomic E-state index is 13.4. The molecular formula is C23H31N5O5S3. The average molecular weight is 554 g/mol. The van der Waals surface area contributed by atoms with Crippen LogP contribution in [0.15, 0.2) is 22.4 Å². The number of rotatable bonds is 9. The first-order chi connectivity index (χ1) is 17.2. The molecule has 1 saturated heterocycles. The van der Waals surface area contributed by atoms with E-state index in [1.54, 1.807) is 6.07 Å². The van der Waals surface area contributed by atoms with Crippen LogP contribution >= 0.6 is 23.1 Å². The van der Waals surface area contributed by atoms with Crippen LogP contribution in [0.25, 0.3) is 0 Å². The molecule has 4 N–H and O–H groups in total. The fourth-order valence-corrected chi connectivity index (χ4v) is 6.64. The van der Waals surface area contributed by atoms with Crippen molar-refractivity contribution in [1.82, 2.24) is 4.98 Å². The van der Waals surface area contributed by atoms with E-state index in [1.807, 2.05) is 18.4 Å². The third-order valence-electron chi connectivity index (χ3n) is 6.31. The summed E-state index contributed by atoms with van der Waals surface area (Å²) in [4.78, 5) is 32.8. The number of nitrogens with one attached hydrogen (secondary N) is 2. The predicted octanol–water partition coefficient (Wildman–Crippen LogP) is 3.55. The number of ether oxygens (including phenoxy) is 1. The molecule has 4 rings (SSSR count). The molecule has 2 heterocycles. The highest BCUT2D eigenvalue weighted by atomic mass is 32.2. The lowest BCUT2D eigenvalue weighted by Crippen LogP contribution is -2.36. The van der Waals surface area contributed by atoms with Crippen LogP contribution in [0.5, 0.6) is 0 Å². The van der Waals surface area contributed by atoms with Crippen LogP contribution in [0, 0.1) is 5.92 Å². The Balaban J connectivity index is 1.51. The van der Waals surface area contributed by atoms with Crippen LogP contribution in [0.3, 0.4) is 0 Å². The van der Waals surface area contributed by atoms with Crippen molar-refractivity contribution in [3.8, 4) is 0 Å². The van der Waals surface area contributed by atoms with Gasteiger partial charge in [-0.15, -0.1) is 11.8 Å². The number of anilines is 3. The highest BCUT2D eigenvalue weighted by Gasteiger charge is 2.27. The second-order valence-electron chi connectivity index (χ2n) is 8.83. The summed E-state index contributed by atoms with van der Waals surface area (Å²) in [6.07, 6.45) is 5.83. The number of nitrogens with zero attached hydrogens (tertiary/aromatic N) is 2. The van der Waals surface area contributed by atoms with Crippen molar-refractivity contribution in [2.75, 3.05) is 53.8 Å². The summed E-state index contributed by atoms with van der Waals surface area (Å²) in [5, 5.41) is 11.0. The standard InChI is InChI=1S/C23H31N5O5S3/c1-34-21-19(8-13-36(24,31)32)26-23(35-21)27-22(30)25-18-7-6-16(28-9-11-33-12-10-28)14-17(18)20(29)15-4-2-3-5-15/h6-7,14-15H,2-5,8-13H2,1H3,(H2,24,31,32)(H2,25,26,27,30). The molecule has 0 atom stereocenters. The number of Topliss-reactive ketones (excluding diaryl/α,β-unsaturated/α-hetero) is 1. The van der Waals surface area contributed by atoms with E-state index < -0.39 is 16.1 Å². The number of hydrogen-bond donors (Lipinski definition) is 3. The molecule has 1 saturated carbocycles. The van der Waals surface area contributed by atoms with E-state index in [2.05, 4.69) is 20.5 Å². The Labute approximate surface area is 219 Å². The van der Waals surface area contributed by atoms with E-state index in [4.69, 9.17) is 9.88 Å². The van der Waals surface area contributed by atoms with Crippen molar-refractivity contribution in [1.29, 1.82) is 0 Å². The lowest BCUT2D eigenvalue weighted by Gasteiger charge is -2.29. The fourth-order valence-electron chi connectivity index (χ4n) is 4.47. The summed E-state index contributed by atoms with van der Waals surface area (Å²) in [5.41, 5.74) is 2.48. The third kappa shape index (κ3) is 6.97. The highest BCUT2D eigenvalue weighted by Crippen LogP contribution is 2.34. The number of thioether (sulfide) groups is 1. The number of carbonyl (C=O) groups is 2. The second kappa shape index (κ2) is 11.9. The Morgan fingerprint density at radius 1 is 1.22 bits per heavy atom. The first-order valence-electron chi connectivity index (χ1n) is 11.9. The zero-order valence-electron chi connectivity index (χ0n) is 20.1. The van der Waals surface area contributed by atoms with Gasteiger partial charge >= 0.3 is 6.03 Å². The van der Waals surface area contributed by atoms with E-state index in [9.17, 15) is 18.0 Å². The van der Waals surface area contributed by atoms with Gasteiger partial charge in [0.1, 0.15) is 0 Å². The number of nitrogens with two attached hydrogens (primary N) is 1. The molecule has 0 spiro atoms. The van der Waals surface area contributed by atoms with E-state index in [1.165, 1.54) is 23.1 Å². The molecule has 196 valence electrons. The quantitative estimate of drug-likeness (QED) is 0.316. The van der Waals surface area contributed by atoms with Crippen LogP contribution in [-0.4, -0.2) is 63.5 Å². The molecule has 13 heteroatoms. The van der Waals surface area contributed by atoms with Crippen molar-refractivity contribution in [3.63, 3.8) is 0 Å². The SMILES string of the molecule is CSc1sc(NC(=O)Nc2ccc(N3CCOCC3)cc2C(=O)C2CCCC2)nc1CCS(N)(=O)=O. The smallest absolute Gasteiger partial charge is 0.325 e. The maximum atomic E-state index is 13.4. The Bertz CT molecular complexity index is 1200. The molecule has 1 aromatic heterocycles. The third-order valence-corrected chi connectivity index (χ3v) is 9.25. The number of ketones is 1. The number of hydrogen-bond acceptors (Lipinski definition) is 9. The minimum atomic E-state index is -3.62. The lowest BCUT2D eigenvalue weighted by molar-refractivity contribution is 0.0923. The van der Waals surface area contributed by atoms with E-state index in [0.29, 0.717) is 35.3 Å². The van der Waals surface area contributed by atoms with Crippen molar-refractivity contribution in [2.24, 2.45) is 11.1 Å². The summed E-state index contributed by atoms with van der Waals surface area (Å²) in [6, 6.07) is 5.04. The highest BCUT2D eigenvalue weighted by molar-refractivity contribution is 8.00.